The highest BCUT2D eigenvalue weighted by Gasteiger charge is 2.24. The molecule has 1 saturated heterocycles. The SMILES string of the molecule is N#CCC(CN1CCC(Oc2cc(F)cc(Cl)c2)CC1)n1cc(-c2ncnc3[nH]ccc23)cn1. The first-order chi connectivity index (χ1) is 16.6. The van der Waals surface area contributed by atoms with Crippen molar-refractivity contribution >= 4 is 22.6 Å². The molecule has 1 unspecified atom stereocenters. The van der Waals surface area contributed by atoms with Crippen molar-refractivity contribution in [2.45, 2.75) is 31.4 Å². The number of fused-ring (bicyclic) bond motifs is 1. The van der Waals surface area contributed by atoms with Gasteiger partial charge in [-0.05, 0) is 31.0 Å². The molecule has 0 amide bonds. The Kier molecular flexibility index (Phi) is 6.43. The van der Waals surface area contributed by atoms with E-state index >= 15 is 0 Å². The maximum Gasteiger partial charge on any atom is 0.141 e. The van der Waals surface area contributed by atoms with Gasteiger partial charge in [-0.1, -0.05) is 11.6 Å². The molecule has 5 rings (SSSR count). The van der Waals surface area contributed by atoms with E-state index in [4.69, 9.17) is 16.3 Å². The lowest BCUT2D eigenvalue weighted by atomic mass is 10.1. The average Bonchev–Trinajstić information content (AvgIpc) is 3.49. The van der Waals surface area contributed by atoms with Crippen LogP contribution in [0.5, 0.6) is 5.75 Å². The Labute approximate surface area is 200 Å². The molecule has 0 bridgehead atoms. The zero-order valence-corrected chi connectivity index (χ0v) is 19.1. The van der Waals surface area contributed by atoms with E-state index < -0.39 is 5.82 Å². The zero-order chi connectivity index (χ0) is 23.5. The van der Waals surface area contributed by atoms with Crippen molar-refractivity contribution in [2.75, 3.05) is 19.6 Å². The minimum Gasteiger partial charge on any atom is -0.490 e. The molecule has 1 atom stereocenters. The van der Waals surface area contributed by atoms with Gasteiger partial charge in [0.15, 0.2) is 0 Å². The Balaban J connectivity index is 1.23. The molecule has 1 aliphatic rings. The summed E-state index contributed by atoms with van der Waals surface area (Å²) in [6.07, 6.45) is 9.06. The van der Waals surface area contributed by atoms with Crippen LogP contribution >= 0.6 is 11.6 Å². The maximum absolute atomic E-state index is 13.6. The summed E-state index contributed by atoms with van der Waals surface area (Å²) in [5.74, 6) is 0.0493. The molecule has 34 heavy (non-hydrogen) atoms. The van der Waals surface area contributed by atoms with Crippen molar-refractivity contribution in [2.24, 2.45) is 0 Å². The van der Waals surface area contributed by atoms with Crippen LogP contribution in [0.2, 0.25) is 5.02 Å². The summed E-state index contributed by atoms with van der Waals surface area (Å²) in [6.45, 7) is 2.34. The van der Waals surface area contributed by atoms with E-state index in [1.54, 1.807) is 12.3 Å². The van der Waals surface area contributed by atoms with Gasteiger partial charge in [0.1, 0.15) is 29.6 Å². The van der Waals surface area contributed by atoms with Crippen LogP contribution in [0.1, 0.15) is 25.3 Å². The minimum atomic E-state index is -0.405. The topological polar surface area (TPSA) is 95.6 Å². The van der Waals surface area contributed by atoms with Gasteiger partial charge >= 0.3 is 0 Å². The Morgan fingerprint density at radius 1 is 1.26 bits per heavy atom. The molecule has 1 aliphatic heterocycles. The van der Waals surface area contributed by atoms with Gasteiger partial charge in [-0.15, -0.1) is 0 Å². The standard InChI is InChI=1S/C24H23ClFN7O/c25-17-9-18(26)11-21(10-17)34-20-3-7-32(8-4-20)14-19(1-5-27)33-13-16(12-31-33)23-22-2-6-28-24(22)30-15-29-23/h2,6,9-13,15,19-20H,1,3-4,7-8,14H2,(H,28,29,30). The Morgan fingerprint density at radius 3 is 2.91 bits per heavy atom. The summed E-state index contributed by atoms with van der Waals surface area (Å²) in [6, 6.07) is 8.41. The number of benzene rings is 1. The van der Waals surface area contributed by atoms with Crippen LogP contribution < -0.4 is 4.74 Å². The van der Waals surface area contributed by atoms with Crippen LogP contribution in [0, 0.1) is 17.1 Å². The number of ether oxygens (including phenoxy) is 1. The van der Waals surface area contributed by atoms with Gasteiger partial charge in [-0.25, -0.2) is 14.4 Å². The van der Waals surface area contributed by atoms with Crippen LogP contribution in [0.4, 0.5) is 4.39 Å². The van der Waals surface area contributed by atoms with Crippen molar-refractivity contribution in [3.05, 3.63) is 60.0 Å². The smallest absolute Gasteiger partial charge is 0.141 e. The predicted molar refractivity (Wildman–Crippen MR) is 126 cm³/mol. The molecule has 4 heterocycles. The minimum absolute atomic E-state index is 0.00126. The fraction of sp³-hybridized carbons (Fsp3) is 0.333. The number of rotatable bonds is 7. The van der Waals surface area contributed by atoms with E-state index in [1.165, 1.54) is 18.5 Å². The third-order valence-electron chi connectivity index (χ3n) is 6.07. The average molecular weight is 480 g/mol. The van der Waals surface area contributed by atoms with E-state index in [-0.39, 0.29) is 12.1 Å². The lowest BCUT2D eigenvalue weighted by Gasteiger charge is -2.34. The van der Waals surface area contributed by atoms with Crippen molar-refractivity contribution in [1.29, 1.82) is 5.26 Å². The third kappa shape index (κ3) is 4.88. The monoisotopic (exact) mass is 479 g/mol. The van der Waals surface area contributed by atoms with Gasteiger partial charge in [-0.2, -0.15) is 10.4 Å². The number of aromatic nitrogens is 5. The second kappa shape index (κ2) is 9.79. The highest BCUT2D eigenvalue weighted by Crippen LogP contribution is 2.27. The van der Waals surface area contributed by atoms with Gasteiger partial charge in [0.05, 0.1) is 30.4 Å². The summed E-state index contributed by atoms with van der Waals surface area (Å²) >= 11 is 5.93. The number of hydrogen-bond acceptors (Lipinski definition) is 6. The molecule has 1 fully saturated rings. The van der Waals surface area contributed by atoms with Crippen LogP contribution in [0.15, 0.2) is 49.2 Å². The summed E-state index contributed by atoms with van der Waals surface area (Å²) < 4.78 is 21.4. The quantitative estimate of drug-likeness (QED) is 0.416. The number of likely N-dealkylation sites (tertiary alicyclic amines) is 1. The number of hydrogen-bond donors (Lipinski definition) is 1. The molecule has 0 radical (unpaired) electrons. The molecular weight excluding hydrogens is 457 g/mol. The fourth-order valence-corrected chi connectivity index (χ4v) is 4.62. The van der Waals surface area contributed by atoms with Gasteiger partial charge in [0, 0.05) is 54.1 Å². The van der Waals surface area contributed by atoms with E-state index in [0.29, 0.717) is 23.7 Å². The van der Waals surface area contributed by atoms with E-state index in [0.717, 1.165) is 48.2 Å². The van der Waals surface area contributed by atoms with Crippen molar-refractivity contribution in [1.82, 2.24) is 29.6 Å². The zero-order valence-electron chi connectivity index (χ0n) is 18.4. The Hall–Kier alpha value is -3.48. The van der Waals surface area contributed by atoms with Crippen LogP contribution in [-0.4, -0.2) is 55.4 Å². The number of nitriles is 1. The highest BCUT2D eigenvalue weighted by atomic mass is 35.5. The lowest BCUT2D eigenvalue weighted by Crippen LogP contribution is -2.41. The molecule has 1 N–H and O–H groups in total. The van der Waals surface area contributed by atoms with Gasteiger partial charge < -0.3 is 14.6 Å². The van der Waals surface area contributed by atoms with E-state index in [9.17, 15) is 9.65 Å². The van der Waals surface area contributed by atoms with Gasteiger partial charge in [-0.3, -0.25) is 4.68 Å². The molecule has 0 spiro atoms. The molecular formula is C24H23ClFN7O. The molecule has 10 heteroatoms. The summed E-state index contributed by atoms with van der Waals surface area (Å²) in [5, 5.41) is 15.2. The summed E-state index contributed by atoms with van der Waals surface area (Å²) in [4.78, 5) is 14.1. The number of nitrogens with zero attached hydrogens (tertiary/aromatic N) is 6. The second-order valence-corrected chi connectivity index (χ2v) is 8.85. The van der Waals surface area contributed by atoms with E-state index in [1.807, 2.05) is 23.1 Å². The molecule has 0 saturated carbocycles. The van der Waals surface area contributed by atoms with Crippen LogP contribution in [0.25, 0.3) is 22.3 Å². The number of piperidine rings is 1. The van der Waals surface area contributed by atoms with Gasteiger partial charge in [0.2, 0.25) is 0 Å². The van der Waals surface area contributed by atoms with Crippen molar-refractivity contribution in [3.63, 3.8) is 0 Å². The number of H-pyrrole nitrogens is 1. The Bertz CT molecular complexity index is 1300. The lowest BCUT2D eigenvalue weighted by molar-refractivity contribution is 0.0909. The summed E-state index contributed by atoms with van der Waals surface area (Å²) in [5.41, 5.74) is 2.47. The number of nitrogens with one attached hydrogen (secondary N) is 1. The highest BCUT2D eigenvalue weighted by molar-refractivity contribution is 6.30. The maximum atomic E-state index is 13.6. The number of aromatic amines is 1. The first-order valence-corrected chi connectivity index (χ1v) is 11.5. The molecule has 174 valence electrons. The van der Waals surface area contributed by atoms with Crippen molar-refractivity contribution < 1.29 is 9.13 Å². The molecule has 4 aromatic rings. The first-order valence-electron chi connectivity index (χ1n) is 11.1. The fourth-order valence-electron chi connectivity index (χ4n) is 4.41. The Morgan fingerprint density at radius 2 is 2.12 bits per heavy atom. The molecule has 1 aromatic carbocycles. The second-order valence-electron chi connectivity index (χ2n) is 8.41. The third-order valence-corrected chi connectivity index (χ3v) is 6.29. The van der Waals surface area contributed by atoms with Crippen LogP contribution in [0.3, 0.4) is 0 Å². The van der Waals surface area contributed by atoms with Crippen LogP contribution in [-0.2, 0) is 0 Å². The predicted octanol–water partition coefficient (Wildman–Crippen LogP) is 4.61. The summed E-state index contributed by atoms with van der Waals surface area (Å²) in [7, 11) is 0. The largest absolute Gasteiger partial charge is 0.490 e. The first kappa shape index (κ1) is 22.3. The van der Waals surface area contributed by atoms with Gasteiger partial charge in [0.25, 0.3) is 0 Å². The molecule has 8 nitrogen and oxygen atoms in total. The number of halogens is 2. The van der Waals surface area contributed by atoms with Crippen molar-refractivity contribution in [3.8, 4) is 23.1 Å². The molecule has 3 aromatic heterocycles. The normalized spacial score (nSPS) is 15.9. The molecule has 0 aliphatic carbocycles. The van der Waals surface area contributed by atoms with E-state index in [2.05, 4.69) is 31.0 Å².